The molecule has 0 bridgehead atoms. The first-order valence-corrected chi connectivity index (χ1v) is 7.09. The Hall–Kier alpha value is -1.14. The zero-order chi connectivity index (χ0) is 13.1. The lowest BCUT2D eigenvalue weighted by Gasteiger charge is -2.19. The predicted octanol–water partition coefficient (Wildman–Crippen LogP) is 2.64. The molecule has 0 aromatic carbocycles. The predicted molar refractivity (Wildman–Crippen MR) is 77.4 cm³/mol. The number of anilines is 1. The number of carbonyl (C=O) groups is 1. The molecule has 1 aliphatic rings. The Morgan fingerprint density at radius 1 is 1.50 bits per heavy atom. The van der Waals surface area contributed by atoms with Crippen molar-refractivity contribution >= 4 is 39.6 Å². The van der Waals surface area contributed by atoms with Crippen LogP contribution in [0.25, 0.3) is 0 Å². The number of hydrogen-bond donors (Lipinski definition) is 1. The lowest BCUT2D eigenvalue weighted by molar-refractivity contribution is 0.0602. The second-order valence-corrected chi connectivity index (χ2v) is 5.86. The zero-order valence-corrected chi connectivity index (χ0v) is 12.1. The minimum Gasteiger partial charge on any atom is -0.465 e. The van der Waals surface area contributed by atoms with Gasteiger partial charge in [0.2, 0.25) is 0 Å². The maximum atomic E-state index is 11.6. The second-order valence-electron chi connectivity index (χ2n) is 4.22. The van der Waals surface area contributed by atoms with Crippen LogP contribution >= 0.6 is 23.6 Å². The highest BCUT2D eigenvalue weighted by atomic mass is 32.1. The number of methoxy groups -OCH3 is 1. The minimum absolute atomic E-state index is 0.328. The number of carbonyl (C=O) groups excluding carboxylic acids is 1. The minimum atomic E-state index is -0.328. The molecule has 0 amide bonds. The molecule has 0 aliphatic carbocycles. The van der Waals surface area contributed by atoms with Crippen LogP contribution in [0.5, 0.6) is 0 Å². The number of thiophene rings is 1. The van der Waals surface area contributed by atoms with Crippen LogP contribution in [0.4, 0.5) is 5.00 Å². The van der Waals surface area contributed by atoms with Gasteiger partial charge in [-0.1, -0.05) is 0 Å². The van der Waals surface area contributed by atoms with E-state index in [1.165, 1.54) is 31.3 Å². The van der Waals surface area contributed by atoms with Crippen LogP contribution in [0.15, 0.2) is 6.07 Å². The molecule has 4 nitrogen and oxygen atoms in total. The number of likely N-dealkylation sites (tertiary alicyclic amines) is 1. The number of thiocarbonyl (C=S) groups is 1. The van der Waals surface area contributed by atoms with Gasteiger partial charge in [0.05, 0.1) is 12.7 Å². The average Bonchev–Trinajstić information content (AvgIpc) is 2.97. The summed E-state index contributed by atoms with van der Waals surface area (Å²) >= 11 is 6.88. The molecule has 1 fully saturated rings. The zero-order valence-electron chi connectivity index (χ0n) is 10.5. The smallest absolute Gasteiger partial charge is 0.340 e. The van der Waals surface area contributed by atoms with E-state index in [4.69, 9.17) is 17.0 Å². The van der Waals surface area contributed by atoms with Crippen LogP contribution in [0.2, 0.25) is 0 Å². The molecular weight excluding hydrogens is 268 g/mol. The van der Waals surface area contributed by atoms with Crippen molar-refractivity contribution in [3.8, 4) is 0 Å². The van der Waals surface area contributed by atoms with Gasteiger partial charge >= 0.3 is 5.97 Å². The molecule has 98 valence electrons. The summed E-state index contributed by atoms with van der Waals surface area (Å²) < 4.78 is 4.77. The molecule has 0 spiro atoms. The maximum Gasteiger partial charge on any atom is 0.340 e. The van der Waals surface area contributed by atoms with E-state index in [2.05, 4.69) is 10.2 Å². The Morgan fingerprint density at radius 3 is 2.78 bits per heavy atom. The number of nitrogens with zero attached hydrogens (tertiary/aromatic N) is 1. The van der Waals surface area contributed by atoms with Crippen LogP contribution in [-0.2, 0) is 4.74 Å². The Labute approximate surface area is 116 Å². The third-order valence-corrected chi connectivity index (χ3v) is 4.20. The average molecular weight is 284 g/mol. The molecule has 1 aromatic heterocycles. The molecule has 2 heterocycles. The van der Waals surface area contributed by atoms with Crippen LogP contribution < -0.4 is 5.32 Å². The summed E-state index contributed by atoms with van der Waals surface area (Å²) in [6, 6.07) is 1.82. The molecule has 0 radical (unpaired) electrons. The largest absolute Gasteiger partial charge is 0.465 e. The third kappa shape index (κ3) is 2.81. The van der Waals surface area contributed by atoms with E-state index in [9.17, 15) is 4.79 Å². The first kappa shape index (κ1) is 13.3. The molecule has 2 rings (SSSR count). The highest BCUT2D eigenvalue weighted by Crippen LogP contribution is 2.28. The van der Waals surface area contributed by atoms with E-state index in [1.807, 2.05) is 13.0 Å². The number of hydrogen-bond acceptors (Lipinski definition) is 4. The highest BCUT2D eigenvalue weighted by molar-refractivity contribution is 7.80. The Balaban J connectivity index is 2.12. The lowest BCUT2D eigenvalue weighted by Crippen LogP contribution is -2.32. The molecule has 0 atom stereocenters. The summed E-state index contributed by atoms with van der Waals surface area (Å²) in [4.78, 5) is 14.8. The van der Waals surface area contributed by atoms with Crippen molar-refractivity contribution in [3.63, 3.8) is 0 Å². The van der Waals surface area contributed by atoms with Gasteiger partial charge in [-0.2, -0.15) is 0 Å². The van der Waals surface area contributed by atoms with E-state index >= 15 is 0 Å². The first-order chi connectivity index (χ1) is 8.61. The van der Waals surface area contributed by atoms with Crippen molar-refractivity contribution in [2.45, 2.75) is 19.8 Å². The quantitative estimate of drug-likeness (QED) is 0.668. The second kappa shape index (κ2) is 5.67. The normalized spacial score (nSPS) is 14.7. The van der Waals surface area contributed by atoms with Crippen molar-refractivity contribution < 1.29 is 9.53 Å². The van der Waals surface area contributed by atoms with Gasteiger partial charge in [0.1, 0.15) is 5.00 Å². The SMILES string of the molecule is COC(=O)c1cc(C)sc1NC(=S)N1CCCC1. The topological polar surface area (TPSA) is 41.6 Å². The van der Waals surface area contributed by atoms with Crippen molar-refractivity contribution in [1.29, 1.82) is 0 Å². The summed E-state index contributed by atoms with van der Waals surface area (Å²) in [5.74, 6) is -0.328. The Bertz CT molecular complexity index is 465. The van der Waals surface area contributed by atoms with Gasteiger partial charge in [-0.05, 0) is 38.0 Å². The number of ether oxygens (including phenoxy) is 1. The number of esters is 1. The summed E-state index contributed by atoms with van der Waals surface area (Å²) in [5, 5.41) is 4.63. The molecule has 1 aromatic rings. The molecular formula is C12H16N2O2S2. The summed E-state index contributed by atoms with van der Waals surface area (Å²) in [7, 11) is 1.39. The number of rotatable bonds is 2. The fourth-order valence-electron chi connectivity index (χ4n) is 1.97. The highest BCUT2D eigenvalue weighted by Gasteiger charge is 2.19. The first-order valence-electron chi connectivity index (χ1n) is 5.86. The monoisotopic (exact) mass is 284 g/mol. The van der Waals surface area contributed by atoms with Gasteiger partial charge < -0.3 is 15.0 Å². The molecule has 1 aliphatic heterocycles. The van der Waals surface area contributed by atoms with Crippen LogP contribution in [-0.4, -0.2) is 36.2 Å². The van der Waals surface area contributed by atoms with E-state index in [0.29, 0.717) is 10.7 Å². The summed E-state index contributed by atoms with van der Waals surface area (Å²) in [6.45, 7) is 3.94. The third-order valence-electron chi connectivity index (χ3n) is 2.87. The molecule has 1 saturated heterocycles. The van der Waals surface area contributed by atoms with Gasteiger partial charge in [-0.15, -0.1) is 11.3 Å². The van der Waals surface area contributed by atoms with Crippen molar-refractivity contribution in [2.75, 3.05) is 25.5 Å². The Morgan fingerprint density at radius 2 is 2.17 bits per heavy atom. The van der Waals surface area contributed by atoms with Crippen molar-refractivity contribution in [1.82, 2.24) is 4.90 Å². The van der Waals surface area contributed by atoms with Gasteiger partial charge in [0, 0.05) is 18.0 Å². The van der Waals surface area contributed by atoms with E-state index < -0.39 is 0 Å². The van der Waals surface area contributed by atoms with Crippen molar-refractivity contribution in [3.05, 3.63) is 16.5 Å². The number of nitrogens with one attached hydrogen (secondary N) is 1. The van der Waals surface area contributed by atoms with Gasteiger partial charge in [-0.25, -0.2) is 4.79 Å². The van der Waals surface area contributed by atoms with Crippen molar-refractivity contribution in [2.24, 2.45) is 0 Å². The van der Waals surface area contributed by atoms with Crippen LogP contribution in [0.3, 0.4) is 0 Å². The fourth-order valence-corrected chi connectivity index (χ4v) is 3.21. The van der Waals surface area contributed by atoms with Gasteiger partial charge in [0.25, 0.3) is 0 Å². The molecule has 0 saturated carbocycles. The van der Waals surface area contributed by atoms with E-state index in [0.717, 1.165) is 23.0 Å². The summed E-state index contributed by atoms with van der Waals surface area (Å²) in [5.41, 5.74) is 0.557. The molecule has 1 N–H and O–H groups in total. The fraction of sp³-hybridized carbons (Fsp3) is 0.500. The number of aryl methyl sites for hydroxylation is 1. The molecule has 6 heteroatoms. The standard InChI is InChI=1S/C12H16N2O2S2/c1-8-7-9(11(15)16-2)10(18-8)13-12(17)14-5-3-4-6-14/h7H,3-6H2,1-2H3,(H,13,17). The van der Waals surface area contributed by atoms with Gasteiger partial charge in [0.15, 0.2) is 5.11 Å². The van der Waals surface area contributed by atoms with Crippen LogP contribution in [0, 0.1) is 6.92 Å². The van der Waals surface area contributed by atoms with Gasteiger partial charge in [-0.3, -0.25) is 0 Å². The molecule has 18 heavy (non-hydrogen) atoms. The molecule has 0 unspecified atom stereocenters. The van der Waals surface area contributed by atoms with E-state index in [-0.39, 0.29) is 5.97 Å². The Kier molecular flexibility index (Phi) is 4.19. The maximum absolute atomic E-state index is 11.6. The lowest BCUT2D eigenvalue weighted by atomic mass is 10.3. The van der Waals surface area contributed by atoms with E-state index in [1.54, 1.807) is 0 Å². The summed E-state index contributed by atoms with van der Waals surface area (Å²) in [6.07, 6.45) is 2.35. The van der Waals surface area contributed by atoms with Crippen LogP contribution in [0.1, 0.15) is 28.1 Å².